The second-order valence-electron chi connectivity index (χ2n) is 5.83. The number of rotatable bonds is 8. The van der Waals surface area contributed by atoms with Crippen LogP contribution >= 0.6 is 11.8 Å². The summed E-state index contributed by atoms with van der Waals surface area (Å²) in [7, 11) is 0. The number of thioether (sulfide) groups is 1. The lowest BCUT2D eigenvalue weighted by Crippen LogP contribution is -2.46. The zero-order chi connectivity index (χ0) is 19.2. The molecule has 1 aromatic carbocycles. The summed E-state index contributed by atoms with van der Waals surface area (Å²) in [5.41, 5.74) is -2.22. The van der Waals surface area contributed by atoms with Crippen LogP contribution in [0.2, 0.25) is 0 Å². The number of hydrogen-bond donors (Lipinski definition) is 2. The number of amides is 1. The van der Waals surface area contributed by atoms with Gasteiger partial charge in [-0.3, -0.25) is 4.79 Å². The third-order valence-corrected chi connectivity index (χ3v) is 4.74. The number of aryl methyl sites for hydroxylation is 1. The number of aliphatic hydroxyl groups is 1. The van der Waals surface area contributed by atoms with Crippen molar-refractivity contribution in [2.75, 3.05) is 12.3 Å². The van der Waals surface area contributed by atoms with Crippen LogP contribution in [0.25, 0.3) is 0 Å². The molecule has 0 aliphatic carbocycles. The minimum absolute atomic E-state index is 0.210. The fourth-order valence-corrected chi connectivity index (χ4v) is 3.12. The summed E-state index contributed by atoms with van der Waals surface area (Å²) in [6.07, 6.45) is -6.18. The molecule has 0 fully saturated rings. The first-order chi connectivity index (χ1) is 12.2. The van der Waals surface area contributed by atoms with Crippen molar-refractivity contribution in [2.24, 2.45) is 0 Å². The molecular weight excluding hydrogens is 367 g/mol. The average Bonchev–Trinajstić information content (AvgIpc) is 3.01. The molecule has 2 N–H and O–H groups in total. The molecular formula is C18H20F3NO3S. The first-order valence-electron chi connectivity index (χ1n) is 7.97. The second kappa shape index (κ2) is 8.64. The highest BCUT2D eigenvalue weighted by atomic mass is 32.2. The van der Waals surface area contributed by atoms with Crippen LogP contribution in [0.1, 0.15) is 23.5 Å². The van der Waals surface area contributed by atoms with Gasteiger partial charge >= 0.3 is 6.18 Å². The van der Waals surface area contributed by atoms with E-state index in [0.29, 0.717) is 5.75 Å². The molecule has 0 spiro atoms. The summed E-state index contributed by atoms with van der Waals surface area (Å²) in [6.45, 7) is 1.67. The van der Waals surface area contributed by atoms with Crippen LogP contribution in [0.15, 0.2) is 46.9 Å². The molecule has 0 radical (unpaired) electrons. The van der Waals surface area contributed by atoms with Gasteiger partial charge in [0.15, 0.2) is 0 Å². The number of furan rings is 1. The highest BCUT2D eigenvalue weighted by Gasteiger charge is 2.58. The van der Waals surface area contributed by atoms with Crippen molar-refractivity contribution in [2.45, 2.75) is 30.9 Å². The Balaban J connectivity index is 1.84. The molecule has 0 saturated carbocycles. The summed E-state index contributed by atoms with van der Waals surface area (Å²) >= 11 is 1.55. The zero-order valence-electron chi connectivity index (χ0n) is 14.2. The van der Waals surface area contributed by atoms with Gasteiger partial charge < -0.3 is 14.8 Å². The lowest BCUT2D eigenvalue weighted by molar-refractivity contribution is -0.273. The van der Waals surface area contributed by atoms with Crippen LogP contribution in [0.5, 0.6) is 0 Å². The van der Waals surface area contributed by atoms with Gasteiger partial charge in [-0.05, 0) is 24.6 Å². The number of halogens is 3. The SMILES string of the molecule is Cc1ccc([C@@](O)(CC(=O)NCCSCc2ccccc2)C(F)(F)F)o1. The topological polar surface area (TPSA) is 62.5 Å². The summed E-state index contributed by atoms with van der Waals surface area (Å²) < 4.78 is 44.8. The van der Waals surface area contributed by atoms with Crippen molar-refractivity contribution in [1.29, 1.82) is 0 Å². The van der Waals surface area contributed by atoms with Crippen LogP contribution < -0.4 is 5.32 Å². The van der Waals surface area contributed by atoms with Gasteiger partial charge in [0.05, 0.1) is 6.42 Å². The Morgan fingerprint density at radius 3 is 2.46 bits per heavy atom. The number of hydrogen-bond acceptors (Lipinski definition) is 4. The molecule has 4 nitrogen and oxygen atoms in total. The minimum Gasteiger partial charge on any atom is -0.463 e. The third-order valence-electron chi connectivity index (χ3n) is 3.71. The Bertz CT molecular complexity index is 718. The predicted octanol–water partition coefficient (Wildman–Crippen LogP) is 3.78. The molecule has 0 bridgehead atoms. The van der Waals surface area contributed by atoms with E-state index in [0.717, 1.165) is 17.4 Å². The summed E-state index contributed by atoms with van der Waals surface area (Å²) in [5.74, 6) is -0.0597. The van der Waals surface area contributed by atoms with E-state index in [1.165, 1.54) is 13.0 Å². The zero-order valence-corrected chi connectivity index (χ0v) is 15.0. The molecule has 1 atom stereocenters. The molecule has 8 heteroatoms. The molecule has 0 aliphatic heterocycles. The smallest absolute Gasteiger partial charge is 0.425 e. The molecule has 2 rings (SSSR count). The van der Waals surface area contributed by atoms with E-state index in [1.54, 1.807) is 11.8 Å². The van der Waals surface area contributed by atoms with Crippen LogP contribution in [-0.2, 0) is 16.1 Å². The van der Waals surface area contributed by atoms with Crippen LogP contribution in [0, 0.1) is 6.92 Å². The normalized spacial score (nSPS) is 14.0. The monoisotopic (exact) mass is 387 g/mol. The number of carbonyl (C=O) groups excluding carboxylic acids is 1. The van der Waals surface area contributed by atoms with E-state index >= 15 is 0 Å². The van der Waals surface area contributed by atoms with Gasteiger partial charge in [0, 0.05) is 18.1 Å². The van der Waals surface area contributed by atoms with Gasteiger partial charge in [-0.25, -0.2) is 0 Å². The van der Waals surface area contributed by atoms with E-state index < -0.39 is 29.9 Å². The fourth-order valence-electron chi connectivity index (χ4n) is 2.31. The van der Waals surface area contributed by atoms with Crippen LogP contribution in [0.4, 0.5) is 13.2 Å². The van der Waals surface area contributed by atoms with Crippen LogP contribution in [0.3, 0.4) is 0 Å². The molecule has 1 aromatic heterocycles. The molecule has 1 heterocycles. The van der Waals surface area contributed by atoms with E-state index in [9.17, 15) is 23.1 Å². The lowest BCUT2D eigenvalue weighted by atomic mass is 9.95. The van der Waals surface area contributed by atoms with E-state index in [2.05, 4.69) is 5.32 Å². The predicted molar refractivity (Wildman–Crippen MR) is 93.6 cm³/mol. The maximum atomic E-state index is 13.3. The molecule has 0 unspecified atom stereocenters. The van der Waals surface area contributed by atoms with Crippen molar-refractivity contribution in [3.8, 4) is 0 Å². The Kier molecular flexibility index (Phi) is 6.77. The van der Waals surface area contributed by atoms with Gasteiger partial charge in [-0.1, -0.05) is 30.3 Å². The van der Waals surface area contributed by atoms with Gasteiger partial charge in [0.2, 0.25) is 11.5 Å². The van der Waals surface area contributed by atoms with Crippen molar-refractivity contribution in [3.63, 3.8) is 0 Å². The third kappa shape index (κ3) is 5.28. The summed E-state index contributed by atoms with van der Waals surface area (Å²) in [5, 5.41) is 12.5. The number of carbonyl (C=O) groups is 1. The number of alkyl halides is 3. The maximum Gasteiger partial charge on any atom is 0.425 e. The Hall–Kier alpha value is -1.93. The standard InChI is InChI=1S/C18H20F3NO3S/c1-13-7-8-15(25-13)17(24,18(19,20)21)11-16(23)22-9-10-26-12-14-5-3-2-4-6-14/h2-8,24H,9-12H2,1H3,(H,22,23)/t17-/m0/s1. The molecule has 2 aromatic rings. The average molecular weight is 387 g/mol. The Morgan fingerprint density at radius 1 is 1.19 bits per heavy atom. The maximum absolute atomic E-state index is 13.3. The van der Waals surface area contributed by atoms with E-state index in [-0.39, 0.29) is 12.3 Å². The minimum atomic E-state index is -5.03. The molecule has 0 aliphatic rings. The largest absolute Gasteiger partial charge is 0.463 e. The van der Waals surface area contributed by atoms with Gasteiger partial charge in [0.25, 0.3) is 0 Å². The molecule has 142 valence electrons. The Labute approximate surface area is 153 Å². The highest BCUT2D eigenvalue weighted by Crippen LogP contribution is 2.42. The Morgan fingerprint density at radius 2 is 1.88 bits per heavy atom. The second-order valence-corrected chi connectivity index (χ2v) is 6.94. The van der Waals surface area contributed by atoms with Crippen molar-refractivity contribution in [3.05, 3.63) is 59.5 Å². The fraction of sp³-hybridized carbons (Fsp3) is 0.389. The van der Waals surface area contributed by atoms with E-state index in [4.69, 9.17) is 4.42 Å². The van der Waals surface area contributed by atoms with Crippen molar-refractivity contribution in [1.82, 2.24) is 5.32 Å². The molecule has 26 heavy (non-hydrogen) atoms. The van der Waals surface area contributed by atoms with E-state index in [1.807, 2.05) is 30.3 Å². The first-order valence-corrected chi connectivity index (χ1v) is 9.12. The highest BCUT2D eigenvalue weighted by molar-refractivity contribution is 7.98. The van der Waals surface area contributed by atoms with Gasteiger partial charge in [0.1, 0.15) is 11.5 Å². The van der Waals surface area contributed by atoms with Gasteiger partial charge in [-0.15, -0.1) is 0 Å². The lowest BCUT2D eigenvalue weighted by Gasteiger charge is -2.27. The number of nitrogens with one attached hydrogen (secondary N) is 1. The first kappa shape index (κ1) is 20.4. The molecule has 1 amide bonds. The number of benzene rings is 1. The van der Waals surface area contributed by atoms with Crippen molar-refractivity contribution < 1.29 is 27.5 Å². The summed E-state index contributed by atoms with van der Waals surface area (Å²) in [4.78, 5) is 11.9. The van der Waals surface area contributed by atoms with Crippen LogP contribution in [-0.4, -0.2) is 29.5 Å². The van der Waals surface area contributed by atoms with Crippen molar-refractivity contribution >= 4 is 17.7 Å². The molecule has 0 saturated heterocycles. The summed E-state index contributed by atoms with van der Waals surface area (Å²) in [6, 6.07) is 12.0. The quantitative estimate of drug-likeness (QED) is 0.677. The van der Waals surface area contributed by atoms with Gasteiger partial charge in [-0.2, -0.15) is 24.9 Å².